The molecule has 2 fully saturated rings. The van der Waals surface area contributed by atoms with E-state index in [-0.39, 0.29) is 23.6 Å². The summed E-state index contributed by atoms with van der Waals surface area (Å²) in [5.41, 5.74) is 0.0444. The second kappa shape index (κ2) is 6.57. The Hall–Kier alpha value is -2.25. The molecule has 2 aliphatic heterocycles. The Morgan fingerprint density at radius 2 is 2.08 bits per heavy atom. The molecule has 9 nitrogen and oxygen atoms in total. The first kappa shape index (κ1) is 17.6. The summed E-state index contributed by atoms with van der Waals surface area (Å²) in [6.45, 7) is 3.63. The Morgan fingerprint density at radius 3 is 2.72 bits per heavy atom. The summed E-state index contributed by atoms with van der Waals surface area (Å²) in [5, 5.41) is 20.0. The Labute approximate surface area is 144 Å². The lowest BCUT2D eigenvalue weighted by Gasteiger charge is -2.23. The topological polar surface area (TPSA) is 113 Å². The second-order valence-corrected chi connectivity index (χ2v) is 6.20. The molecule has 0 saturated carbocycles. The number of nitrogens with zero attached hydrogens (tertiary/aromatic N) is 2. The molecule has 0 aliphatic carbocycles. The summed E-state index contributed by atoms with van der Waals surface area (Å²) in [6, 6.07) is 5.77. The Balaban J connectivity index is 1.74. The fourth-order valence-corrected chi connectivity index (χ4v) is 2.97. The van der Waals surface area contributed by atoms with Crippen molar-refractivity contribution in [2.24, 2.45) is 0 Å². The van der Waals surface area contributed by atoms with Crippen LogP contribution in [0.3, 0.4) is 0 Å². The molecule has 134 valence electrons. The molecule has 1 aromatic carbocycles. The first-order valence-corrected chi connectivity index (χ1v) is 7.70. The van der Waals surface area contributed by atoms with E-state index in [4.69, 9.17) is 28.9 Å². The molecule has 4 atom stereocenters. The fraction of sp³-hybridized carbons (Fsp3) is 0.562. The van der Waals surface area contributed by atoms with Crippen molar-refractivity contribution in [2.75, 3.05) is 13.7 Å². The molecule has 2 aliphatic rings. The van der Waals surface area contributed by atoms with Gasteiger partial charge in [0.2, 0.25) is 0 Å². The highest BCUT2D eigenvalue weighted by atomic mass is 16.8. The van der Waals surface area contributed by atoms with Crippen molar-refractivity contribution in [1.29, 1.82) is 5.26 Å². The number of ether oxygens (including phenoxy) is 5. The van der Waals surface area contributed by atoms with Crippen LogP contribution in [0.5, 0.6) is 5.75 Å². The lowest BCUT2D eigenvalue weighted by Crippen LogP contribution is -2.34. The first-order valence-electron chi connectivity index (χ1n) is 7.70. The minimum absolute atomic E-state index is 0.0380. The predicted octanol–water partition coefficient (Wildman–Crippen LogP) is 1.74. The van der Waals surface area contributed by atoms with Gasteiger partial charge in [0, 0.05) is 13.2 Å². The van der Waals surface area contributed by atoms with Gasteiger partial charge in [-0.15, -0.1) is 0 Å². The van der Waals surface area contributed by atoms with E-state index in [1.54, 1.807) is 13.8 Å². The molecule has 0 aromatic heterocycles. The summed E-state index contributed by atoms with van der Waals surface area (Å²) >= 11 is 0. The van der Waals surface area contributed by atoms with Gasteiger partial charge in [0.25, 0.3) is 5.69 Å². The van der Waals surface area contributed by atoms with Crippen LogP contribution >= 0.6 is 0 Å². The van der Waals surface area contributed by atoms with Crippen LogP contribution in [0.2, 0.25) is 0 Å². The number of hydrogen-bond donors (Lipinski definition) is 0. The average Bonchev–Trinajstić information content (AvgIpc) is 3.05. The first-order chi connectivity index (χ1) is 11.8. The third-order valence-electron chi connectivity index (χ3n) is 4.04. The number of nitro groups is 1. The van der Waals surface area contributed by atoms with Gasteiger partial charge in [-0.1, -0.05) is 0 Å². The van der Waals surface area contributed by atoms with Crippen LogP contribution < -0.4 is 4.74 Å². The highest BCUT2D eigenvalue weighted by molar-refractivity contribution is 5.50. The lowest BCUT2D eigenvalue weighted by atomic mass is 10.1. The standard InChI is InChI=1S/C16H18N2O7/c1-16(2)24-13-12(23-15(21-3)14(13)25-16)8-22-11-6-10(18(19)20)5-4-9(11)7-17/h4-6,12-15H,8H2,1-3H3/t12-,13-,14-,15-/m1/s1. The zero-order valence-corrected chi connectivity index (χ0v) is 14.0. The maximum absolute atomic E-state index is 10.9. The molecule has 2 saturated heterocycles. The molecule has 0 bridgehead atoms. The number of fused-ring (bicyclic) bond motifs is 1. The summed E-state index contributed by atoms with van der Waals surface area (Å²) in [4.78, 5) is 10.4. The van der Waals surface area contributed by atoms with E-state index in [0.717, 1.165) is 0 Å². The molecule has 0 N–H and O–H groups in total. The molecule has 0 unspecified atom stereocenters. The normalized spacial score (nSPS) is 29.8. The number of benzene rings is 1. The molecule has 9 heteroatoms. The van der Waals surface area contributed by atoms with E-state index in [1.807, 2.05) is 6.07 Å². The Bertz CT molecular complexity index is 715. The van der Waals surface area contributed by atoms with Crippen LogP contribution in [0.15, 0.2) is 18.2 Å². The molecule has 3 rings (SSSR count). The van der Waals surface area contributed by atoms with Crippen molar-refractivity contribution in [3.8, 4) is 11.8 Å². The maximum Gasteiger partial charge on any atom is 0.273 e. The molecule has 0 amide bonds. The van der Waals surface area contributed by atoms with Gasteiger partial charge < -0.3 is 23.7 Å². The monoisotopic (exact) mass is 350 g/mol. The van der Waals surface area contributed by atoms with Gasteiger partial charge in [-0.3, -0.25) is 10.1 Å². The minimum Gasteiger partial charge on any atom is -0.489 e. The molecule has 0 spiro atoms. The highest BCUT2D eigenvalue weighted by Crippen LogP contribution is 2.39. The number of non-ortho nitro benzene ring substituents is 1. The fourth-order valence-electron chi connectivity index (χ4n) is 2.97. The molecule has 2 heterocycles. The van der Waals surface area contributed by atoms with E-state index in [1.165, 1.54) is 25.3 Å². The van der Waals surface area contributed by atoms with Crippen molar-refractivity contribution < 1.29 is 28.6 Å². The van der Waals surface area contributed by atoms with Crippen molar-refractivity contribution in [3.05, 3.63) is 33.9 Å². The molecule has 1 aromatic rings. The number of hydrogen-bond acceptors (Lipinski definition) is 8. The van der Waals surface area contributed by atoms with Gasteiger partial charge in [-0.25, -0.2) is 0 Å². The summed E-state index contributed by atoms with van der Waals surface area (Å²) in [7, 11) is 1.51. The van der Waals surface area contributed by atoms with Crippen LogP contribution in [0.1, 0.15) is 19.4 Å². The molecule has 25 heavy (non-hydrogen) atoms. The summed E-state index contributed by atoms with van der Waals surface area (Å²) < 4.78 is 28.3. The van der Waals surface area contributed by atoms with Gasteiger partial charge in [-0.2, -0.15) is 5.26 Å². The SMILES string of the molecule is CO[C@@H]1O[C@H](COc2cc([N+](=O)[O-])ccc2C#N)[C@H]2OC(C)(C)O[C@@H]12. The second-order valence-electron chi connectivity index (χ2n) is 6.20. The van der Waals surface area contributed by atoms with Crippen LogP contribution in [0.25, 0.3) is 0 Å². The smallest absolute Gasteiger partial charge is 0.273 e. The van der Waals surface area contributed by atoms with Crippen molar-refractivity contribution in [3.63, 3.8) is 0 Å². The largest absolute Gasteiger partial charge is 0.489 e. The number of nitro benzene ring substituents is 1. The summed E-state index contributed by atoms with van der Waals surface area (Å²) in [6.07, 6.45) is -1.89. The van der Waals surface area contributed by atoms with Gasteiger partial charge in [-0.05, 0) is 19.9 Å². The van der Waals surface area contributed by atoms with E-state index >= 15 is 0 Å². The van der Waals surface area contributed by atoms with Gasteiger partial charge in [0.05, 0.1) is 16.6 Å². The van der Waals surface area contributed by atoms with Crippen molar-refractivity contribution in [2.45, 2.75) is 44.2 Å². The maximum atomic E-state index is 10.9. The van der Waals surface area contributed by atoms with Crippen LogP contribution in [0.4, 0.5) is 5.69 Å². The zero-order chi connectivity index (χ0) is 18.2. The van der Waals surface area contributed by atoms with Gasteiger partial charge in [0.15, 0.2) is 12.1 Å². The van der Waals surface area contributed by atoms with Gasteiger partial charge >= 0.3 is 0 Å². The molecular weight excluding hydrogens is 332 g/mol. The lowest BCUT2D eigenvalue weighted by molar-refractivity contribution is -0.384. The number of methoxy groups -OCH3 is 1. The van der Waals surface area contributed by atoms with E-state index in [2.05, 4.69) is 0 Å². The third-order valence-corrected chi connectivity index (χ3v) is 4.04. The van der Waals surface area contributed by atoms with E-state index < -0.39 is 35.3 Å². The Morgan fingerprint density at radius 1 is 1.36 bits per heavy atom. The van der Waals surface area contributed by atoms with Crippen LogP contribution in [-0.2, 0) is 18.9 Å². The van der Waals surface area contributed by atoms with Crippen LogP contribution in [0, 0.1) is 21.4 Å². The van der Waals surface area contributed by atoms with Crippen LogP contribution in [-0.4, -0.2) is 49.0 Å². The van der Waals surface area contributed by atoms with Crippen molar-refractivity contribution in [1.82, 2.24) is 0 Å². The van der Waals surface area contributed by atoms with E-state index in [9.17, 15) is 10.1 Å². The summed E-state index contributed by atoms with van der Waals surface area (Å²) in [5.74, 6) is -0.645. The number of nitriles is 1. The predicted molar refractivity (Wildman–Crippen MR) is 82.8 cm³/mol. The molecular formula is C16H18N2O7. The number of rotatable bonds is 5. The van der Waals surface area contributed by atoms with Gasteiger partial charge in [0.1, 0.15) is 36.7 Å². The molecule has 0 radical (unpaired) electrons. The zero-order valence-electron chi connectivity index (χ0n) is 14.0. The van der Waals surface area contributed by atoms with Crippen molar-refractivity contribution >= 4 is 5.69 Å². The minimum atomic E-state index is -0.766. The average molecular weight is 350 g/mol. The quantitative estimate of drug-likeness (QED) is 0.583. The van der Waals surface area contributed by atoms with E-state index in [0.29, 0.717) is 0 Å². The third kappa shape index (κ3) is 3.43. The highest BCUT2D eigenvalue weighted by Gasteiger charge is 2.55. The Kier molecular flexibility index (Phi) is 4.62.